The third-order valence-corrected chi connectivity index (χ3v) is 6.47. The van der Waals surface area contributed by atoms with Gasteiger partial charge in [-0.15, -0.1) is 21.5 Å². The average molecular weight is 375 g/mol. The number of hydrogen-bond donors (Lipinski definition) is 1. The summed E-state index contributed by atoms with van der Waals surface area (Å²) in [4.78, 5) is 30.9. The number of aromatic nitrogens is 4. The fourth-order valence-electron chi connectivity index (χ4n) is 2.61. The normalized spacial score (nSPS) is 14.2. The Hall–Kier alpha value is -2.13. The van der Waals surface area contributed by atoms with Crippen LogP contribution < -0.4 is 10.9 Å². The molecule has 0 radical (unpaired) electrons. The Labute approximate surface area is 151 Å². The molecule has 0 saturated heterocycles. The number of carbonyl (C=O) groups is 1. The van der Waals surface area contributed by atoms with Gasteiger partial charge in [-0.05, 0) is 32.3 Å². The van der Waals surface area contributed by atoms with Crippen molar-refractivity contribution in [3.05, 3.63) is 32.1 Å². The molecule has 1 fully saturated rings. The molecule has 1 N–H and O–H groups in total. The number of aryl methyl sites for hydroxylation is 3. The number of nitrogens with zero attached hydrogens (tertiary/aromatic N) is 4. The first-order valence-electron chi connectivity index (χ1n) is 8.11. The molecule has 0 unspecified atom stereocenters. The summed E-state index contributed by atoms with van der Waals surface area (Å²) in [6.07, 6.45) is 4.02. The van der Waals surface area contributed by atoms with Gasteiger partial charge in [0, 0.05) is 23.8 Å². The van der Waals surface area contributed by atoms with Crippen LogP contribution >= 0.6 is 22.7 Å². The van der Waals surface area contributed by atoms with E-state index in [1.54, 1.807) is 0 Å². The van der Waals surface area contributed by atoms with Gasteiger partial charge in [-0.1, -0.05) is 11.3 Å². The number of fused-ring (bicyclic) bond motifs is 1. The fraction of sp³-hybridized carbons (Fsp3) is 0.438. The molecule has 0 aliphatic heterocycles. The molecule has 3 aromatic heterocycles. The third kappa shape index (κ3) is 3.21. The molecule has 3 aromatic rings. The lowest BCUT2D eigenvalue weighted by molar-refractivity contribution is -0.116. The monoisotopic (exact) mass is 375 g/mol. The van der Waals surface area contributed by atoms with E-state index in [-0.39, 0.29) is 24.4 Å². The first-order chi connectivity index (χ1) is 12.0. The SMILES string of the molecule is Cc1sc2ncn(CCC(=O)Nc3nnc(C4CC4)s3)c(=O)c2c1C. The number of anilines is 1. The van der Waals surface area contributed by atoms with Crippen LogP contribution in [0.3, 0.4) is 0 Å². The molecule has 0 atom stereocenters. The summed E-state index contributed by atoms with van der Waals surface area (Å²) in [6.45, 7) is 4.20. The molecule has 1 aliphatic rings. The van der Waals surface area contributed by atoms with Gasteiger partial charge in [0.1, 0.15) is 9.84 Å². The summed E-state index contributed by atoms with van der Waals surface area (Å²) in [5.74, 6) is 0.348. The van der Waals surface area contributed by atoms with Crippen LogP contribution in [0.15, 0.2) is 11.1 Å². The highest BCUT2D eigenvalue weighted by Crippen LogP contribution is 2.42. The molecule has 4 rings (SSSR count). The van der Waals surface area contributed by atoms with E-state index in [9.17, 15) is 9.59 Å². The minimum absolute atomic E-state index is 0.0911. The Balaban J connectivity index is 1.44. The number of rotatable bonds is 5. The summed E-state index contributed by atoms with van der Waals surface area (Å²) in [5.41, 5.74) is 0.879. The van der Waals surface area contributed by atoms with Gasteiger partial charge in [0.2, 0.25) is 11.0 Å². The minimum atomic E-state index is -0.177. The Kier molecular flexibility index (Phi) is 4.12. The maximum absolute atomic E-state index is 12.6. The van der Waals surface area contributed by atoms with Gasteiger partial charge >= 0.3 is 0 Å². The van der Waals surface area contributed by atoms with Crippen LogP contribution in [0.5, 0.6) is 0 Å². The number of nitrogens with one attached hydrogen (secondary N) is 1. The highest BCUT2D eigenvalue weighted by atomic mass is 32.1. The van der Waals surface area contributed by atoms with Crippen LogP contribution in [0.25, 0.3) is 10.2 Å². The van der Waals surface area contributed by atoms with Crippen molar-refractivity contribution in [2.75, 3.05) is 5.32 Å². The van der Waals surface area contributed by atoms with Gasteiger partial charge in [-0.25, -0.2) is 4.98 Å². The van der Waals surface area contributed by atoms with E-state index in [0.717, 1.165) is 33.1 Å². The van der Waals surface area contributed by atoms with Crippen LogP contribution in [0.2, 0.25) is 0 Å². The van der Waals surface area contributed by atoms with E-state index < -0.39 is 0 Å². The van der Waals surface area contributed by atoms with Crippen molar-refractivity contribution in [1.82, 2.24) is 19.7 Å². The zero-order valence-electron chi connectivity index (χ0n) is 13.9. The lowest BCUT2D eigenvalue weighted by Gasteiger charge is -2.05. The average Bonchev–Trinajstić information content (AvgIpc) is 3.26. The molecular weight excluding hydrogens is 358 g/mol. The summed E-state index contributed by atoms with van der Waals surface area (Å²) in [7, 11) is 0. The van der Waals surface area contributed by atoms with Crippen LogP contribution in [0.1, 0.15) is 40.6 Å². The summed E-state index contributed by atoms with van der Waals surface area (Å²) in [5, 5.41) is 13.0. The Bertz CT molecular complexity index is 1020. The molecule has 1 aliphatic carbocycles. The Morgan fingerprint density at radius 3 is 2.88 bits per heavy atom. The quantitative estimate of drug-likeness (QED) is 0.741. The molecule has 1 saturated carbocycles. The first-order valence-corrected chi connectivity index (χ1v) is 9.74. The zero-order valence-corrected chi connectivity index (χ0v) is 15.5. The first kappa shape index (κ1) is 16.3. The lowest BCUT2D eigenvalue weighted by atomic mass is 10.2. The van der Waals surface area contributed by atoms with Gasteiger partial charge in [0.05, 0.1) is 11.7 Å². The second-order valence-electron chi connectivity index (χ2n) is 6.22. The van der Waals surface area contributed by atoms with Crippen molar-refractivity contribution >= 4 is 43.9 Å². The molecule has 0 spiro atoms. The number of carbonyl (C=O) groups excluding carboxylic acids is 1. The van der Waals surface area contributed by atoms with E-state index in [1.807, 2.05) is 13.8 Å². The lowest BCUT2D eigenvalue weighted by Crippen LogP contribution is -2.23. The van der Waals surface area contributed by atoms with Crippen LogP contribution in [0.4, 0.5) is 5.13 Å². The minimum Gasteiger partial charge on any atom is -0.300 e. The van der Waals surface area contributed by atoms with Crippen molar-refractivity contribution in [3.8, 4) is 0 Å². The van der Waals surface area contributed by atoms with Crippen molar-refractivity contribution < 1.29 is 4.79 Å². The molecule has 9 heteroatoms. The van der Waals surface area contributed by atoms with E-state index in [0.29, 0.717) is 16.4 Å². The van der Waals surface area contributed by atoms with E-state index in [4.69, 9.17) is 0 Å². The molecule has 0 aromatic carbocycles. The number of thiophene rings is 1. The van der Waals surface area contributed by atoms with E-state index >= 15 is 0 Å². The van der Waals surface area contributed by atoms with Crippen molar-refractivity contribution in [3.63, 3.8) is 0 Å². The highest BCUT2D eigenvalue weighted by molar-refractivity contribution is 7.18. The largest absolute Gasteiger partial charge is 0.300 e. The predicted molar refractivity (Wildman–Crippen MR) is 98.5 cm³/mol. The molecule has 7 nitrogen and oxygen atoms in total. The zero-order chi connectivity index (χ0) is 17.6. The van der Waals surface area contributed by atoms with Crippen molar-refractivity contribution in [2.45, 2.75) is 45.6 Å². The number of amides is 1. The third-order valence-electron chi connectivity index (χ3n) is 4.35. The highest BCUT2D eigenvalue weighted by Gasteiger charge is 2.27. The predicted octanol–water partition coefficient (Wildman–Crippen LogP) is 2.83. The molecule has 0 bridgehead atoms. The maximum atomic E-state index is 12.6. The molecule has 130 valence electrons. The Morgan fingerprint density at radius 2 is 2.12 bits per heavy atom. The second kappa shape index (κ2) is 6.30. The van der Waals surface area contributed by atoms with Gasteiger partial charge in [-0.3, -0.25) is 14.2 Å². The molecular formula is C16H17N5O2S2. The standard InChI is InChI=1S/C16H17N5O2S2/c1-8-9(2)24-14-12(8)15(23)21(7-17-14)6-5-11(22)18-16-20-19-13(25-16)10-3-4-10/h7,10H,3-6H2,1-2H3,(H,18,20,22). The van der Waals surface area contributed by atoms with Gasteiger partial charge in [0.15, 0.2) is 0 Å². The maximum Gasteiger partial charge on any atom is 0.262 e. The van der Waals surface area contributed by atoms with Crippen molar-refractivity contribution in [2.24, 2.45) is 0 Å². The van der Waals surface area contributed by atoms with Crippen LogP contribution in [-0.2, 0) is 11.3 Å². The van der Waals surface area contributed by atoms with Gasteiger partial charge in [0.25, 0.3) is 5.56 Å². The summed E-state index contributed by atoms with van der Waals surface area (Å²) in [6, 6.07) is 0. The second-order valence-corrected chi connectivity index (χ2v) is 8.44. The molecule has 1 amide bonds. The molecule has 25 heavy (non-hydrogen) atoms. The van der Waals surface area contributed by atoms with E-state index in [1.165, 1.54) is 33.6 Å². The topological polar surface area (TPSA) is 89.8 Å². The smallest absolute Gasteiger partial charge is 0.262 e. The molecule has 3 heterocycles. The summed E-state index contributed by atoms with van der Waals surface area (Å²) < 4.78 is 1.50. The number of hydrogen-bond acceptors (Lipinski definition) is 7. The fourth-order valence-corrected chi connectivity index (χ4v) is 4.53. The van der Waals surface area contributed by atoms with Gasteiger partial charge < -0.3 is 5.32 Å². The van der Waals surface area contributed by atoms with Crippen LogP contribution in [-0.4, -0.2) is 25.7 Å². The van der Waals surface area contributed by atoms with E-state index in [2.05, 4.69) is 20.5 Å². The Morgan fingerprint density at radius 1 is 1.32 bits per heavy atom. The van der Waals surface area contributed by atoms with Gasteiger partial charge in [-0.2, -0.15) is 0 Å². The van der Waals surface area contributed by atoms with Crippen LogP contribution in [0, 0.1) is 13.8 Å². The van der Waals surface area contributed by atoms with Crippen molar-refractivity contribution in [1.29, 1.82) is 0 Å². The summed E-state index contributed by atoms with van der Waals surface area (Å²) >= 11 is 2.95.